The van der Waals surface area contributed by atoms with E-state index in [0.29, 0.717) is 24.5 Å². The lowest BCUT2D eigenvalue weighted by molar-refractivity contribution is 0.0729. The molecule has 0 spiro atoms. The van der Waals surface area contributed by atoms with E-state index in [2.05, 4.69) is 22.1 Å². The molecule has 1 aliphatic rings. The van der Waals surface area contributed by atoms with Crippen molar-refractivity contribution in [1.82, 2.24) is 14.9 Å². The molecule has 2 aromatic carbocycles. The molecular weight excluding hydrogens is 398 g/mol. The van der Waals surface area contributed by atoms with Crippen molar-refractivity contribution in [3.05, 3.63) is 64.7 Å². The van der Waals surface area contributed by atoms with Crippen molar-refractivity contribution in [3.63, 3.8) is 0 Å². The maximum Gasteiger partial charge on any atom is 0.273 e. The zero-order valence-electron chi connectivity index (χ0n) is 16.8. The molecule has 5 rings (SSSR count). The molecule has 0 saturated heterocycles. The standard InChI is InChI=1S/C23H21N3O3S/c1-28-20-10-14-7-8-26(12-16(14)11-21(20)29-2)23(27)19-13-30-22(25-19)18-9-15-5-3-4-6-17(15)24-18/h3-6,9-11,13,24H,7-8,12H2,1-2H3. The van der Waals surface area contributed by atoms with Crippen molar-refractivity contribution in [2.24, 2.45) is 0 Å². The Kier molecular flexibility index (Phi) is 4.67. The summed E-state index contributed by atoms with van der Waals surface area (Å²) >= 11 is 1.48. The van der Waals surface area contributed by atoms with Gasteiger partial charge in [0.2, 0.25) is 0 Å². The number of amides is 1. The quantitative estimate of drug-likeness (QED) is 0.529. The Morgan fingerprint density at radius 1 is 1.10 bits per heavy atom. The molecule has 1 amide bonds. The summed E-state index contributed by atoms with van der Waals surface area (Å²) in [5.74, 6) is 1.35. The molecule has 4 aromatic rings. The lowest BCUT2D eigenvalue weighted by Gasteiger charge is -2.29. The SMILES string of the molecule is COc1cc2c(cc1OC)CN(C(=O)c1csc(-c3cc4ccccc4[nH]3)n1)CC2. The molecule has 0 saturated carbocycles. The van der Waals surface area contributed by atoms with Crippen LogP contribution in [-0.2, 0) is 13.0 Å². The van der Waals surface area contributed by atoms with Crippen molar-refractivity contribution < 1.29 is 14.3 Å². The number of thiazole rings is 1. The first-order chi connectivity index (χ1) is 14.7. The number of nitrogens with one attached hydrogen (secondary N) is 1. The molecule has 0 bridgehead atoms. The second-order valence-corrected chi connectivity index (χ2v) is 8.12. The summed E-state index contributed by atoms with van der Waals surface area (Å²) < 4.78 is 10.8. The fourth-order valence-electron chi connectivity index (χ4n) is 3.90. The van der Waals surface area contributed by atoms with Gasteiger partial charge < -0.3 is 19.4 Å². The highest BCUT2D eigenvalue weighted by atomic mass is 32.1. The van der Waals surface area contributed by atoms with Crippen LogP contribution in [0.15, 0.2) is 47.8 Å². The van der Waals surface area contributed by atoms with Gasteiger partial charge in [0.25, 0.3) is 5.91 Å². The number of ether oxygens (including phenoxy) is 2. The van der Waals surface area contributed by atoms with Crippen LogP contribution < -0.4 is 9.47 Å². The van der Waals surface area contributed by atoms with Crippen molar-refractivity contribution in [3.8, 4) is 22.2 Å². The third kappa shape index (κ3) is 3.21. The second kappa shape index (κ2) is 7.50. The molecule has 2 aromatic heterocycles. The van der Waals surface area contributed by atoms with Gasteiger partial charge in [0, 0.05) is 29.4 Å². The van der Waals surface area contributed by atoms with Crippen LogP contribution >= 0.6 is 11.3 Å². The van der Waals surface area contributed by atoms with E-state index < -0.39 is 0 Å². The summed E-state index contributed by atoms with van der Waals surface area (Å²) in [6.07, 6.45) is 0.778. The fraction of sp³-hybridized carbons (Fsp3) is 0.217. The number of rotatable bonds is 4. The number of methoxy groups -OCH3 is 2. The van der Waals surface area contributed by atoms with Gasteiger partial charge in [-0.3, -0.25) is 4.79 Å². The Labute approximate surface area is 178 Å². The minimum Gasteiger partial charge on any atom is -0.493 e. The first-order valence-corrected chi connectivity index (χ1v) is 10.6. The van der Waals surface area contributed by atoms with Crippen LogP contribution in [0.3, 0.4) is 0 Å². The number of hydrogen-bond acceptors (Lipinski definition) is 5. The van der Waals surface area contributed by atoms with E-state index >= 15 is 0 Å². The van der Waals surface area contributed by atoms with Gasteiger partial charge >= 0.3 is 0 Å². The Hall–Kier alpha value is -3.32. The van der Waals surface area contributed by atoms with E-state index in [4.69, 9.17) is 9.47 Å². The first-order valence-electron chi connectivity index (χ1n) is 9.73. The van der Waals surface area contributed by atoms with Gasteiger partial charge in [-0.2, -0.15) is 0 Å². The van der Waals surface area contributed by atoms with Crippen LogP contribution in [0.4, 0.5) is 0 Å². The summed E-state index contributed by atoms with van der Waals surface area (Å²) in [7, 11) is 3.26. The zero-order chi connectivity index (χ0) is 20.7. The van der Waals surface area contributed by atoms with E-state index in [9.17, 15) is 4.79 Å². The first kappa shape index (κ1) is 18.7. The average Bonchev–Trinajstić information content (AvgIpc) is 3.44. The molecular formula is C23H21N3O3S. The highest BCUT2D eigenvalue weighted by Crippen LogP contribution is 2.34. The number of aromatic amines is 1. The van der Waals surface area contributed by atoms with Crippen LogP contribution in [0.1, 0.15) is 21.6 Å². The Balaban J connectivity index is 1.38. The van der Waals surface area contributed by atoms with E-state index in [-0.39, 0.29) is 5.91 Å². The van der Waals surface area contributed by atoms with E-state index in [0.717, 1.165) is 39.3 Å². The molecule has 0 fully saturated rings. The van der Waals surface area contributed by atoms with Crippen molar-refractivity contribution in [1.29, 1.82) is 0 Å². The lowest BCUT2D eigenvalue weighted by Crippen LogP contribution is -2.36. The molecule has 0 unspecified atom stereocenters. The van der Waals surface area contributed by atoms with Crippen LogP contribution in [0.5, 0.6) is 11.5 Å². The maximum absolute atomic E-state index is 13.1. The predicted molar refractivity (Wildman–Crippen MR) is 117 cm³/mol. The van der Waals surface area contributed by atoms with Crippen LogP contribution in [-0.4, -0.2) is 41.5 Å². The van der Waals surface area contributed by atoms with Gasteiger partial charge in [0.15, 0.2) is 11.5 Å². The van der Waals surface area contributed by atoms with Crippen molar-refractivity contribution in [2.75, 3.05) is 20.8 Å². The lowest BCUT2D eigenvalue weighted by atomic mass is 9.98. The van der Waals surface area contributed by atoms with Gasteiger partial charge in [-0.1, -0.05) is 18.2 Å². The number of carbonyl (C=O) groups excluding carboxylic acids is 1. The van der Waals surface area contributed by atoms with Gasteiger partial charge in [-0.25, -0.2) is 4.98 Å². The Bertz CT molecular complexity index is 1210. The molecule has 3 heterocycles. The second-order valence-electron chi connectivity index (χ2n) is 7.26. The smallest absolute Gasteiger partial charge is 0.273 e. The maximum atomic E-state index is 13.1. The number of para-hydroxylation sites is 1. The van der Waals surface area contributed by atoms with Crippen LogP contribution in [0.2, 0.25) is 0 Å². The molecule has 1 aliphatic heterocycles. The van der Waals surface area contributed by atoms with E-state index in [1.54, 1.807) is 14.2 Å². The summed E-state index contributed by atoms with van der Waals surface area (Å²) in [5, 5.41) is 3.79. The summed E-state index contributed by atoms with van der Waals surface area (Å²) in [6, 6.07) is 14.1. The number of benzene rings is 2. The van der Waals surface area contributed by atoms with Crippen molar-refractivity contribution in [2.45, 2.75) is 13.0 Å². The number of hydrogen-bond donors (Lipinski definition) is 1. The average molecular weight is 420 g/mol. The van der Waals surface area contributed by atoms with Crippen LogP contribution in [0.25, 0.3) is 21.6 Å². The molecule has 6 nitrogen and oxygen atoms in total. The summed E-state index contributed by atoms with van der Waals surface area (Å²) in [4.78, 5) is 23.0. The monoisotopic (exact) mass is 419 g/mol. The zero-order valence-corrected chi connectivity index (χ0v) is 17.6. The van der Waals surface area contributed by atoms with Crippen molar-refractivity contribution >= 4 is 28.1 Å². The number of H-pyrrole nitrogens is 1. The van der Waals surface area contributed by atoms with Crippen LogP contribution in [0, 0.1) is 0 Å². The van der Waals surface area contributed by atoms with Gasteiger partial charge in [0.05, 0.1) is 19.9 Å². The molecule has 0 radical (unpaired) electrons. The molecule has 0 atom stereocenters. The third-order valence-corrected chi connectivity index (χ3v) is 6.36. The minimum absolute atomic E-state index is 0.0472. The highest BCUT2D eigenvalue weighted by molar-refractivity contribution is 7.13. The van der Waals surface area contributed by atoms with E-state index in [1.807, 2.05) is 40.6 Å². The number of fused-ring (bicyclic) bond motifs is 2. The minimum atomic E-state index is -0.0472. The third-order valence-electron chi connectivity index (χ3n) is 5.49. The Morgan fingerprint density at radius 3 is 2.63 bits per heavy atom. The molecule has 7 heteroatoms. The molecule has 152 valence electrons. The number of carbonyl (C=O) groups is 1. The summed E-state index contributed by atoms with van der Waals surface area (Å²) in [5.41, 5.74) is 4.75. The van der Waals surface area contributed by atoms with Gasteiger partial charge in [-0.05, 0) is 41.8 Å². The van der Waals surface area contributed by atoms with E-state index in [1.165, 1.54) is 16.9 Å². The topological polar surface area (TPSA) is 67.5 Å². The highest BCUT2D eigenvalue weighted by Gasteiger charge is 2.25. The molecule has 1 N–H and O–H groups in total. The predicted octanol–water partition coefficient (Wildman–Crippen LogP) is 4.51. The largest absolute Gasteiger partial charge is 0.493 e. The Morgan fingerprint density at radius 2 is 1.87 bits per heavy atom. The number of nitrogens with zero attached hydrogens (tertiary/aromatic N) is 2. The fourth-order valence-corrected chi connectivity index (χ4v) is 4.67. The normalized spacial score (nSPS) is 13.3. The summed E-state index contributed by atoms with van der Waals surface area (Å²) in [6.45, 7) is 1.19. The van der Waals surface area contributed by atoms with Gasteiger partial charge in [0.1, 0.15) is 10.7 Å². The number of aromatic nitrogens is 2. The van der Waals surface area contributed by atoms with Gasteiger partial charge in [-0.15, -0.1) is 11.3 Å². The molecule has 30 heavy (non-hydrogen) atoms. The molecule has 0 aliphatic carbocycles.